The lowest BCUT2D eigenvalue weighted by molar-refractivity contribution is -0.107. The molecule has 0 amide bonds. The maximum Gasteiger partial charge on any atom is 0.219 e. The number of thioether (sulfide) groups is 1. The fourth-order valence-electron chi connectivity index (χ4n) is 0.529. The predicted octanol–water partition coefficient (Wildman–Crippen LogP) is 1.72. The standard InChI is InChI=1S/C6H6OS/c1-4-3-5(2)8-6(4)7/h3H,2H2,1H3. The van der Waals surface area contributed by atoms with Crippen LogP contribution in [0.15, 0.2) is 23.1 Å². The van der Waals surface area contributed by atoms with E-state index in [1.54, 1.807) is 13.0 Å². The molecule has 0 fully saturated rings. The van der Waals surface area contributed by atoms with Crippen LogP contribution in [-0.4, -0.2) is 5.12 Å². The van der Waals surface area contributed by atoms with E-state index in [-0.39, 0.29) is 5.12 Å². The number of carbonyl (C=O) groups is 1. The third kappa shape index (κ3) is 0.842. The number of hydrogen-bond donors (Lipinski definition) is 0. The van der Waals surface area contributed by atoms with Gasteiger partial charge in [0.1, 0.15) is 0 Å². The van der Waals surface area contributed by atoms with Gasteiger partial charge < -0.3 is 0 Å². The lowest BCUT2D eigenvalue weighted by Gasteiger charge is -1.81. The van der Waals surface area contributed by atoms with Crippen LogP contribution in [0.1, 0.15) is 6.92 Å². The summed E-state index contributed by atoms with van der Waals surface area (Å²) in [4.78, 5) is 11.5. The fourth-order valence-corrected chi connectivity index (χ4v) is 1.22. The second kappa shape index (κ2) is 1.78. The maximum absolute atomic E-state index is 10.6. The molecule has 0 atom stereocenters. The van der Waals surface area contributed by atoms with Crippen molar-refractivity contribution in [3.05, 3.63) is 23.1 Å². The van der Waals surface area contributed by atoms with Crippen molar-refractivity contribution in [1.29, 1.82) is 0 Å². The Bertz CT molecular complexity index is 179. The molecule has 0 spiro atoms. The van der Waals surface area contributed by atoms with Gasteiger partial charge in [0.25, 0.3) is 0 Å². The number of hydrogen-bond acceptors (Lipinski definition) is 2. The van der Waals surface area contributed by atoms with Crippen molar-refractivity contribution in [2.24, 2.45) is 0 Å². The first-order chi connectivity index (χ1) is 3.70. The molecule has 0 N–H and O–H groups in total. The van der Waals surface area contributed by atoms with Gasteiger partial charge in [0.05, 0.1) is 0 Å². The van der Waals surface area contributed by atoms with Crippen LogP contribution < -0.4 is 0 Å². The van der Waals surface area contributed by atoms with Gasteiger partial charge in [-0.05, 0) is 24.8 Å². The van der Waals surface area contributed by atoms with Crippen molar-refractivity contribution in [3.8, 4) is 0 Å². The van der Waals surface area contributed by atoms with Crippen molar-refractivity contribution in [3.63, 3.8) is 0 Å². The number of rotatable bonds is 0. The Labute approximate surface area is 52.5 Å². The second-order valence-electron chi connectivity index (χ2n) is 1.68. The van der Waals surface area contributed by atoms with Gasteiger partial charge in [-0.1, -0.05) is 6.58 Å². The van der Waals surface area contributed by atoms with Crippen LogP contribution in [0.2, 0.25) is 0 Å². The highest BCUT2D eigenvalue weighted by Crippen LogP contribution is 2.28. The third-order valence-electron chi connectivity index (χ3n) is 0.923. The molecule has 0 aromatic heterocycles. The van der Waals surface area contributed by atoms with E-state index in [1.807, 2.05) is 0 Å². The van der Waals surface area contributed by atoms with Crippen LogP contribution in [0.25, 0.3) is 0 Å². The molecule has 0 aromatic carbocycles. The minimum atomic E-state index is 0.134. The van der Waals surface area contributed by atoms with Gasteiger partial charge in [-0.2, -0.15) is 0 Å². The highest BCUT2D eigenvalue weighted by molar-refractivity contribution is 8.18. The minimum Gasteiger partial charge on any atom is -0.282 e. The molecule has 0 aliphatic carbocycles. The summed E-state index contributed by atoms with van der Waals surface area (Å²) in [6, 6.07) is 0. The van der Waals surface area contributed by atoms with Gasteiger partial charge in [-0.3, -0.25) is 4.79 Å². The number of allylic oxidation sites excluding steroid dienone is 1. The van der Waals surface area contributed by atoms with E-state index in [4.69, 9.17) is 0 Å². The SMILES string of the molecule is C=C1C=C(C)C(=O)S1. The molecule has 2 heteroatoms. The summed E-state index contributed by atoms with van der Waals surface area (Å²) in [5.74, 6) is 0. The summed E-state index contributed by atoms with van der Waals surface area (Å²) < 4.78 is 0. The summed E-state index contributed by atoms with van der Waals surface area (Å²) in [7, 11) is 0. The fraction of sp³-hybridized carbons (Fsp3) is 0.167. The molecule has 0 bridgehead atoms. The average Bonchev–Trinajstić information content (AvgIpc) is 1.85. The lowest BCUT2D eigenvalue weighted by Crippen LogP contribution is -1.82. The smallest absolute Gasteiger partial charge is 0.219 e. The Morgan fingerprint density at radius 3 is 2.50 bits per heavy atom. The van der Waals surface area contributed by atoms with Crippen LogP contribution in [0.4, 0.5) is 0 Å². The molecule has 1 aliphatic heterocycles. The normalized spacial score (nSPS) is 19.4. The van der Waals surface area contributed by atoms with E-state index in [9.17, 15) is 4.79 Å². The van der Waals surface area contributed by atoms with Crippen molar-refractivity contribution < 1.29 is 4.79 Å². The molecule has 1 aliphatic rings. The van der Waals surface area contributed by atoms with Gasteiger partial charge in [0, 0.05) is 10.5 Å². The van der Waals surface area contributed by atoms with Crippen LogP contribution >= 0.6 is 11.8 Å². The third-order valence-corrected chi connectivity index (χ3v) is 1.81. The van der Waals surface area contributed by atoms with Crippen LogP contribution in [0, 0.1) is 0 Å². The van der Waals surface area contributed by atoms with Gasteiger partial charge >= 0.3 is 0 Å². The zero-order valence-electron chi connectivity index (χ0n) is 4.60. The quantitative estimate of drug-likeness (QED) is 0.491. The molecule has 1 rings (SSSR count). The molecular weight excluding hydrogens is 120 g/mol. The predicted molar refractivity (Wildman–Crippen MR) is 35.5 cm³/mol. The highest BCUT2D eigenvalue weighted by Gasteiger charge is 2.13. The monoisotopic (exact) mass is 126 g/mol. The van der Waals surface area contributed by atoms with E-state index < -0.39 is 0 Å². The van der Waals surface area contributed by atoms with Crippen molar-refractivity contribution in [2.45, 2.75) is 6.92 Å². The molecule has 0 aromatic rings. The lowest BCUT2D eigenvalue weighted by atomic mass is 10.3. The average molecular weight is 126 g/mol. The van der Waals surface area contributed by atoms with Gasteiger partial charge in [0.2, 0.25) is 5.12 Å². The van der Waals surface area contributed by atoms with E-state index >= 15 is 0 Å². The first-order valence-corrected chi connectivity index (χ1v) is 3.11. The summed E-state index contributed by atoms with van der Waals surface area (Å²) in [6.45, 7) is 5.42. The molecule has 0 radical (unpaired) electrons. The van der Waals surface area contributed by atoms with Crippen LogP contribution in [0.5, 0.6) is 0 Å². The highest BCUT2D eigenvalue weighted by atomic mass is 32.2. The van der Waals surface area contributed by atoms with Gasteiger partial charge in [-0.15, -0.1) is 0 Å². The van der Waals surface area contributed by atoms with E-state index in [0.29, 0.717) is 0 Å². The molecule has 0 saturated carbocycles. The van der Waals surface area contributed by atoms with E-state index in [0.717, 1.165) is 10.5 Å². The summed E-state index contributed by atoms with van der Waals surface area (Å²) in [5.41, 5.74) is 0.806. The van der Waals surface area contributed by atoms with E-state index in [2.05, 4.69) is 6.58 Å². The zero-order valence-corrected chi connectivity index (χ0v) is 5.42. The summed E-state index contributed by atoms with van der Waals surface area (Å²) in [5, 5.41) is 0.134. The Kier molecular flexibility index (Phi) is 1.26. The largest absolute Gasteiger partial charge is 0.282 e. The van der Waals surface area contributed by atoms with E-state index in [1.165, 1.54) is 11.8 Å². The van der Waals surface area contributed by atoms with Crippen molar-refractivity contribution in [2.75, 3.05) is 0 Å². The van der Waals surface area contributed by atoms with Gasteiger partial charge in [0.15, 0.2) is 0 Å². The molecule has 1 heterocycles. The molecular formula is C6H6OS. The Balaban J connectivity index is 2.88. The second-order valence-corrected chi connectivity index (χ2v) is 2.78. The first-order valence-electron chi connectivity index (χ1n) is 2.29. The molecule has 0 unspecified atom stereocenters. The Morgan fingerprint density at radius 2 is 2.38 bits per heavy atom. The Hall–Kier alpha value is -0.500. The minimum absolute atomic E-state index is 0.134. The van der Waals surface area contributed by atoms with Crippen LogP contribution in [-0.2, 0) is 4.79 Å². The van der Waals surface area contributed by atoms with Gasteiger partial charge in [-0.25, -0.2) is 0 Å². The molecule has 42 valence electrons. The summed E-state index contributed by atoms with van der Waals surface area (Å²) in [6.07, 6.45) is 1.80. The Morgan fingerprint density at radius 1 is 1.75 bits per heavy atom. The molecule has 0 saturated heterocycles. The number of carbonyl (C=O) groups excluding carboxylic acids is 1. The summed E-state index contributed by atoms with van der Waals surface area (Å²) >= 11 is 1.20. The molecule has 1 nitrogen and oxygen atoms in total. The maximum atomic E-state index is 10.6. The molecule has 8 heavy (non-hydrogen) atoms. The van der Waals surface area contributed by atoms with Crippen LogP contribution in [0.3, 0.4) is 0 Å². The van der Waals surface area contributed by atoms with Crippen molar-refractivity contribution in [1.82, 2.24) is 0 Å². The topological polar surface area (TPSA) is 17.1 Å². The van der Waals surface area contributed by atoms with Crippen molar-refractivity contribution >= 4 is 16.9 Å². The zero-order chi connectivity index (χ0) is 6.15. The first kappa shape index (κ1) is 5.63.